The minimum absolute atomic E-state index is 0.278. The van der Waals surface area contributed by atoms with Gasteiger partial charge >= 0.3 is 11.8 Å². The van der Waals surface area contributed by atoms with Gasteiger partial charge in [-0.05, 0) is 40.5 Å². The van der Waals surface area contributed by atoms with Crippen LogP contribution in [0.25, 0.3) is 0 Å². The van der Waals surface area contributed by atoms with Crippen molar-refractivity contribution in [1.82, 2.24) is 5.43 Å². The SMILES string of the molecule is O=C(N/N=C\C12c3ccccc3C(c3ccccc31)[C@H]1C(=O)N(c3ccccc3)C(=O)[C@@H]12)c1ccc([N+](=O)[O-])o1. The molecule has 4 aliphatic rings. The molecule has 0 spiro atoms. The predicted molar refractivity (Wildman–Crippen MR) is 143 cm³/mol. The summed E-state index contributed by atoms with van der Waals surface area (Å²) < 4.78 is 4.99. The van der Waals surface area contributed by atoms with E-state index in [1.54, 1.807) is 24.3 Å². The lowest BCUT2D eigenvalue weighted by atomic mass is 9.47. The van der Waals surface area contributed by atoms with Crippen LogP contribution in [0.1, 0.15) is 38.7 Å². The quantitative estimate of drug-likeness (QED) is 0.178. The highest BCUT2D eigenvalue weighted by Crippen LogP contribution is 2.63. The number of para-hydroxylation sites is 1. The lowest BCUT2D eigenvalue weighted by Crippen LogP contribution is -2.54. The van der Waals surface area contributed by atoms with E-state index < -0.39 is 34.0 Å². The van der Waals surface area contributed by atoms with Gasteiger partial charge in [-0.3, -0.25) is 24.5 Å². The van der Waals surface area contributed by atoms with Crippen molar-refractivity contribution in [3.8, 4) is 0 Å². The van der Waals surface area contributed by atoms with Crippen LogP contribution in [0.3, 0.4) is 0 Å². The second-order valence-electron chi connectivity index (χ2n) is 9.97. The van der Waals surface area contributed by atoms with Gasteiger partial charge in [0.2, 0.25) is 17.6 Å². The highest BCUT2D eigenvalue weighted by atomic mass is 16.6. The van der Waals surface area contributed by atoms with Crippen molar-refractivity contribution in [3.63, 3.8) is 0 Å². The maximum Gasteiger partial charge on any atom is 0.433 e. The molecule has 2 heterocycles. The van der Waals surface area contributed by atoms with E-state index in [0.717, 1.165) is 28.3 Å². The molecule has 40 heavy (non-hydrogen) atoms. The number of benzene rings is 3. The van der Waals surface area contributed by atoms with E-state index in [0.29, 0.717) is 5.69 Å². The van der Waals surface area contributed by atoms with Crippen molar-refractivity contribution in [2.75, 3.05) is 4.90 Å². The average molecular weight is 533 g/mol. The molecule has 3 aliphatic carbocycles. The largest absolute Gasteiger partial charge is 0.433 e. The zero-order valence-electron chi connectivity index (χ0n) is 20.8. The van der Waals surface area contributed by atoms with Crippen molar-refractivity contribution in [1.29, 1.82) is 0 Å². The third-order valence-electron chi connectivity index (χ3n) is 8.13. The molecule has 0 unspecified atom stereocenters. The predicted octanol–water partition coefficient (Wildman–Crippen LogP) is 4.15. The van der Waals surface area contributed by atoms with Gasteiger partial charge in [0.05, 0.1) is 29.0 Å². The summed E-state index contributed by atoms with van der Waals surface area (Å²) in [6, 6.07) is 26.5. The summed E-state index contributed by atoms with van der Waals surface area (Å²) in [7, 11) is 0. The lowest BCUT2D eigenvalue weighted by molar-refractivity contribution is -0.402. The number of imide groups is 1. The first kappa shape index (κ1) is 23.7. The number of carbonyl (C=O) groups excluding carboxylic acids is 3. The van der Waals surface area contributed by atoms with Crippen molar-refractivity contribution >= 4 is 35.5 Å². The van der Waals surface area contributed by atoms with Crippen LogP contribution in [-0.2, 0) is 15.0 Å². The summed E-state index contributed by atoms with van der Waals surface area (Å²) in [6.45, 7) is 0. The van der Waals surface area contributed by atoms with Crippen molar-refractivity contribution in [2.24, 2.45) is 16.9 Å². The first-order valence-electron chi connectivity index (χ1n) is 12.6. The second kappa shape index (κ2) is 8.57. The number of nitrogens with one attached hydrogen (secondary N) is 1. The third-order valence-corrected chi connectivity index (χ3v) is 8.13. The molecule has 0 saturated carbocycles. The van der Waals surface area contributed by atoms with Crippen molar-refractivity contribution < 1.29 is 23.7 Å². The van der Waals surface area contributed by atoms with Gasteiger partial charge in [-0.1, -0.05) is 66.7 Å². The Labute approximate surface area is 227 Å². The fourth-order valence-electron chi connectivity index (χ4n) is 6.68. The summed E-state index contributed by atoms with van der Waals surface area (Å²) >= 11 is 0. The second-order valence-corrected chi connectivity index (χ2v) is 9.97. The Hall–Kier alpha value is -5.38. The number of rotatable bonds is 5. The van der Waals surface area contributed by atoms with Crippen LogP contribution in [0.15, 0.2) is 101 Å². The molecule has 1 aliphatic heterocycles. The molecule has 2 bridgehead atoms. The molecule has 196 valence electrons. The Morgan fingerprint density at radius 1 is 0.900 bits per heavy atom. The average Bonchev–Trinajstić information content (AvgIpc) is 3.58. The molecule has 0 radical (unpaired) electrons. The Morgan fingerprint density at radius 2 is 1.52 bits per heavy atom. The molecule has 1 N–H and O–H groups in total. The Balaban J connectivity index is 1.38. The molecular weight excluding hydrogens is 512 g/mol. The van der Waals surface area contributed by atoms with Crippen LogP contribution < -0.4 is 10.3 Å². The molecule has 3 aromatic carbocycles. The Morgan fingerprint density at radius 3 is 2.15 bits per heavy atom. The number of hydrogen-bond donors (Lipinski definition) is 1. The van der Waals surface area contributed by atoms with E-state index in [9.17, 15) is 24.5 Å². The summed E-state index contributed by atoms with van der Waals surface area (Å²) in [5, 5.41) is 15.2. The summed E-state index contributed by atoms with van der Waals surface area (Å²) in [6.07, 6.45) is 1.52. The van der Waals surface area contributed by atoms with E-state index in [1.165, 1.54) is 17.2 Å². The van der Waals surface area contributed by atoms with Gasteiger partial charge < -0.3 is 4.42 Å². The van der Waals surface area contributed by atoms with E-state index >= 15 is 0 Å². The van der Waals surface area contributed by atoms with E-state index in [-0.39, 0.29) is 23.5 Å². The summed E-state index contributed by atoms with van der Waals surface area (Å²) in [5.41, 5.74) is 5.26. The van der Waals surface area contributed by atoms with Crippen LogP contribution in [0.2, 0.25) is 0 Å². The number of anilines is 1. The monoisotopic (exact) mass is 532 g/mol. The van der Waals surface area contributed by atoms with E-state index in [1.807, 2.05) is 54.6 Å². The highest BCUT2D eigenvalue weighted by Gasteiger charge is 2.68. The van der Waals surface area contributed by atoms with Gasteiger partial charge in [-0.15, -0.1) is 0 Å². The van der Waals surface area contributed by atoms with Crippen molar-refractivity contribution in [3.05, 3.63) is 129 Å². The minimum atomic E-state index is -1.16. The van der Waals surface area contributed by atoms with Crippen LogP contribution in [0, 0.1) is 22.0 Å². The maximum absolute atomic E-state index is 14.2. The van der Waals surface area contributed by atoms with Crippen LogP contribution in [0.5, 0.6) is 0 Å². The fourth-order valence-corrected chi connectivity index (χ4v) is 6.68. The van der Waals surface area contributed by atoms with Gasteiger partial charge in [0.1, 0.15) is 4.92 Å². The topological polar surface area (TPSA) is 135 Å². The van der Waals surface area contributed by atoms with Gasteiger partial charge in [0.25, 0.3) is 0 Å². The molecule has 10 heteroatoms. The van der Waals surface area contributed by atoms with Crippen LogP contribution in [0.4, 0.5) is 11.6 Å². The number of hydrazone groups is 1. The standard InChI is InChI=1S/C30H20N4O6/c35-27(22-14-15-23(40-22)34(38)39)32-31-16-30-20-12-6-4-10-18(20)24(19-11-5-7-13-21(19)30)25-26(30)29(37)33(28(25)36)17-8-2-1-3-9-17/h1-16,24-26H,(H,32,35)/b31-16-/t24?,25-,26-,30?/m1/s1. The van der Waals surface area contributed by atoms with Crippen molar-refractivity contribution in [2.45, 2.75) is 11.3 Å². The van der Waals surface area contributed by atoms with E-state index in [2.05, 4.69) is 10.5 Å². The molecule has 3 amide bonds. The number of hydrogen-bond acceptors (Lipinski definition) is 7. The van der Waals surface area contributed by atoms with E-state index in [4.69, 9.17) is 4.42 Å². The molecule has 4 aromatic rings. The molecular formula is C30H20N4O6. The highest BCUT2D eigenvalue weighted by molar-refractivity contribution is 6.25. The van der Waals surface area contributed by atoms with Gasteiger partial charge in [0.15, 0.2) is 0 Å². The molecule has 1 aromatic heterocycles. The number of carbonyl (C=O) groups is 3. The molecule has 8 rings (SSSR count). The molecule has 10 nitrogen and oxygen atoms in total. The number of amides is 3. The lowest BCUT2D eigenvalue weighted by Gasteiger charge is -2.52. The maximum atomic E-state index is 14.2. The Bertz CT molecular complexity index is 1710. The Kier molecular flexibility index (Phi) is 5.08. The number of nitrogens with zero attached hydrogens (tertiary/aromatic N) is 3. The zero-order chi connectivity index (χ0) is 27.6. The summed E-state index contributed by atoms with van der Waals surface area (Å²) in [4.78, 5) is 52.5. The smallest absolute Gasteiger partial charge is 0.395 e. The summed E-state index contributed by atoms with van der Waals surface area (Å²) in [5.74, 6) is -4.06. The number of furan rings is 1. The third kappa shape index (κ3) is 3.10. The van der Waals surface area contributed by atoms with Crippen LogP contribution >= 0.6 is 0 Å². The number of nitro groups is 1. The normalized spacial score (nSPS) is 24.1. The van der Waals surface area contributed by atoms with Crippen LogP contribution in [-0.4, -0.2) is 28.9 Å². The molecule has 1 fully saturated rings. The van der Waals surface area contributed by atoms with Gasteiger partial charge in [0, 0.05) is 12.1 Å². The first-order valence-corrected chi connectivity index (χ1v) is 12.6. The molecule has 1 saturated heterocycles. The zero-order valence-corrected chi connectivity index (χ0v) is 20.8. The van der Waals surface area contributed by atoms with Gasteiger partial charge in [-0.2, -0.15) is 5.10 Å². The first-order chi connectivity index (χ1) is 19.4. The minimum Gasteiger partial charge on any atom is -0.395 e. The van der Waals surface area contributed by atoms with Gasteiger partial charge in [-0.25, -0.2) is 10.3 Å². The fraction of sp³-hybridized carbons (Fsp3) is 0.133. The molecule has 2 atom stereocenters.